The molecule has 1 heterocycles. The highest BCUT2D eigenvalue weighted by Crippen LogP contribution is 2.41. The van der Waals surface area contributed by atoms with Crippen LogP contribution < -0.4 is 10.1 Å². The van der Waals surface area contributed by atoms with E-state index in [1.165, 1.54) is 0 Å². The summed E-state index contributed by atoms with van der Waals surface area (Å²) >= 11 is 0. The van der Waals surface area contributed by atoms with Gasteiger partial charge in [-0.3, -0.25) is 4.79 Å². The van der Waals surface area contributed by atoms with Crippen LogP contribution in [0.4, 0.5) is 0 Å². The average Bonchev–Trinajstić information content (AvgIpc) is 3.34. The van der Waals surface area contributed by atoms with Crippen LogP contribution in [-0.2, 0) is 21.8 Å². The molecule has 3 aromatic rings. The molecule has 1 aromatic heterocycles. The Morgan fingerprint density at radius 3 is 2.30 bits per heavy atom. The number of sulfone groups is 1. The maximum Gasteiger partial charge on any atom is 0.268 e. The highest BCUT2D eigenvalue weighted by molar-refractivity contribution is 7.91. The molecule has 0 aliphatic heterocycles. The number of aromatic nitrogens is 1. The SMILES string of the molecule is CCn1c(C(=O)N[C@H](C)CO)ccc1C(CC)(CC)c1ccc(OCS(=O)(=O)c2ccccc2)c(C)c1. The van der Waals surface area contributed by atoms with Gasteiger partial charge in [0.25, 0.3) is 5.91 Å². The molecule has 0 saturated carbocycles. The van der Waals surface area contributed by atoms with E-state index < -0.39 is 15.8 Å². The summed E-state index contributed by atoms with van der Waals surface area (Å²) in [6.45, 7) is 10.5. The number of benzene rings is 2. The number of hydrogen-bond donors (Lipinski definition) is 2. The van der Waals surface area contributed by atoms with Crippen LogP contribution >= 0.6 is 0 Å². The smallest absolute Gasteiger partial charge is 0.268 e. The number of hydrogen-bond acceptors (Lipinski definition) is 5. The van der Waals surface area contributed by atoms with Crippen molar-refractivity contribution in [1.29, 1.82) is 0 Å². The molecule has 3 rings (SSSR count). The quantitative estimate of drug-likeness (QED) is 0.352. The van der Waals surface area contributed by atoms with Crippen LogP contribution in [0, 0.1) is 6.92 Å². The first kappa shape index (κ1) is 28.5. The van der Waals surface area contributed by atoms with Gasteiger partial charge in [-0.25, -0.2) is 8.42 Å². The summed E-state index contributed by atoms with van der Waals surface area (Å²) in [5.74, 6) is -0.128. The van der Waals surface area contributed by atoms with Gasteiger partial charge in [0.05, 0.1) is 11.5 Å². The molecule has 0 aliphatic rings. The van der Waals surface area contributed by atoms with E-state index in [0.29, 0.717) is 18.0 Å². The molecule has 0 bridgehead atoms. The van der Waals surface area contributed by atoms with Crippen molar-refractivity contribution in [3.63, 3.8) is 0 Å². The monoisotopic (exact) mass is 526 g/mol. The van der Waals surface area contributed by atoms with Crippen molar-refractivity contribution < 1.29 is 23.1 Å². The van der Waals surface area contributed by atoms with Crippen molar-refractivity contribution in [2.75, 3.05) is 12.5 Å². The van der Waals surface area contributed by atoms with E-state index >= 15 is 0 Å². The lowest BCUT2D eigenvalue weighted by atomic mass is 9.72. The number of rotatable bonds is 12. The number of nitrogens with zero attached hydrogens (tertiary/aromatic N) is 1. The summed E-state index contributed by atoms with van der Waals surface area (Å²) in [4.78, 5) is 13.1. The first-order valence-electron chi connectivity index (χ1n) is 12.8. The Morgan fingerprint density at radius 1 is 1.05 bits per heavy atom. The van der Waals surface area contributed by atoms with Gasteiger partial charge < -0.3 is 19.7 Å². The molecule has 0 saturated heterocycles. The first-order chi connectivity index (χ1) is 17.6. The fourth-order valence-electron chi connectivity index (χ4n) is 4.88. The van der Waals surface area contributed by atoms with Crippen molar-refractivity contribution >= 4 is 15.7 Å². The second kappa shape index (κ2) is 12.0. The normalized spacial score (nSPS) is 12.8. The molecule has 8 heteroatoms. The number of amides is 1. The van der Waals surface area contributed by atoms with Crippen molar-refractivity contribution in [2.24, 2.45) is 0 Å². The third kappa shape index (κ3) is 5.91. The van der Waals surface area contributed by atoms with Crippen molar-refractivity contribution in [2.45, 2.75) is 70.4 Å². The Hall–Kier alpha value is -3.10. The summed E-state index contributed by atoms with van der Waals surface area (Å²) in [6.07, 6.45) is 1.62. The van der Waals surface area contributed by atoms with Gasteiger partial charge >= 0.3 is 0 Å². The number of aryl methyl sites for hydroxylation is 1. The van der Waals surface area contributed by atoms with Gasteiger partial charge in [-0.1, -0.05) is 44.2 Å². The standard InChI is InChI=1S/C29H38N2O5S/c1-6-29(7-2,27-17-15-25(31(27)8-3)28(33)30-22(5)19-32)23-14-16-26(21(4)18-23)36-20-37(34,35)24-12-10-9-11-13-24/h9-18,22,32H,6-8,19-20H2,1-5H3,(H,30,33)/t22-/m1/s1. The number of carbonyl (C=O) groups excluding carboxylic acids is 1. The minimum atomic E-state index is -3.57. The fraction of sp³-hybridized carbons (Fsp3) is 0.414. The van der Waals surface area contributed by atoms with E-state index in [0.717, 1.165) is 29.7 Å². The Bertz CT molecular complexity index is 1310. The minimum Gasteiger partial charge on any atom is -0.477 e. The van der Waals surface area contributed by atoms with Gasteiger partial charge in [0.2, 0.25) is 9.84 Å². The summed E-state index contributed by atoms with van der Waals surface area (Å²) < 4.78 is 33.1. The lowest BCUT2D eigenvalue weighted by molar-refractivity contribution is 0.0912. The minimum absolute atomic E-state index is 0.125. The van der Waals surface area contributed by atoms with Gasteiger partial charge in [0, 0.05) is 23.7 Å². The largest absolute Gasteiger partial charge is 0.477 e. The number of aliphatic hydroxyl groups excluding tert-OH is 1. The topological polar surface area (TPSA) is 97.6 Å². The molecule has 0 spiro atoms. The van der Waals surface area contributed by atoms with E-state index in [9.17, 15) is 18.3 Å². The van der Waals surface area contributed by atoms with Gasteiger partial charge in [0.15, 0.2) is 5.94 Å². The van der Waals surface area contributed by atoms with Crippen LogP contribution in [0.1, 0.15) is 67.8 Å². The maximum absolute atomic E-state index is 12.9. The summed E-state index contributed by atoms with van der Waals surface area (Å²) in [5.41, 5.74) is 3.18. The molecule has 0 radical (unpaired) electrons. The zero-order chi connectivity index (χ0) is 27.2. The average molecular weight is 527 g/mol. The lowest BCUT2D eigenvalue weighted by Crippen LogP contribution is -2.37. The number of aliphatic hydroxyl groups is 1. The van der Waals surface area contributed by atoms with Crippen LogP contribution in [0.2, 0.25) is 0 Å². The van der Waals surface area contributed by atoms with Crippen LogP contribution in [-0.4, -0.2) is 42.6 Å². The molecule has 37 heavy (non-hydrogen) atoms. The lowest BCUT2D eigenvalue weighted by Gasteiger charge is -2.34. The molecule has 2 N–H and O–H groups in total. The highest BCUT2D eigenvalue weighted by atomic mass is 32.2. The summed E-state index contributed by atoms with van der Waals surface area (Å²) in [6, 6.07) is 17.7. The molecule has 0 unspecified atom stereocenters. The van der Waals surface area contributed by atoms with Gasteiger partial charge in [-0.2, -0.15) is 0 Å². The molecule has 0 fully saturated rings. The molecule has 7 nitrogen and oxygen atoms in total. The maximum atomic E-state index is 12.9. The Labute approximate surface area is 220 Å². The molecular formula is C29H38N2O5S. The molecule has 2 aromatic carbocycles. The second-order valence-electron chi connectivity index (χ2n) is 9.36. The van der Waals surface area contributed by atoms with Crippen molar-refractivity contribution in [3.05, 3.63) is 83.2 Å². The molecule has 1 amide bonds. The van der Waals surface area contributed by atoms with Crippen LogP contribution in [0.15, 0.2) is 65.6 Å². The zero-order valence-electron chi connectivity index (χ0n) is 22.3. The number of ether oxygens (including phenoxy) is 1. The van der Waals surface area contributed by atoms with Crippen LogP contribution in [0.25, 0.3) is 0 Å². The predicted octanol–water partition coefficient (Wildman–Crippen LogP) is 4.84. The van der Waals surface area contributed by atoms with E-state index in [4.69, 9.17) is 4.74 Å². The zero-order valence-corrected chi connectivity index (χ0v) is 23.1. The van der Waals surface area contributed by atoms with Gasteiger partial charge in [-0.05, 0) is 75.1 Å². The Morgan fingerprint density at radius 2 is 1.73 bits per heavy atom. The second-order valence-corrected chi connectivity index (χ2v) is 11.3. The van der Waals surface area contributed by atoms with Gasteiger partial charge in [0.1, 0.15) is 11.4 Å². The third-order valence-corrected chi connectivity index (χ3v) is 8.50. The molecule has 1 atom stereocenters. The van der Waals surface area contributed by atoms with Crippen molar-refractivity contribution in [1.82, 2.24) is 9.88 Å². The van der Waals surface area contributed by atoms with Crippen LogP contribution in [0.5, 0.6) is 5.75 Å². The van der Waals surface area contributed by atoms with Crippen molar-refractivity contribution in [3.8, 4) is 5.75 Å². The summed E-state index contributed by atoms with van der Waals surface area (Å²) in [5, 5.41) is 12.2. The summed E-state index contributed by atoms with van der Waals surface area (Å²) in [7, 11) is -3.57. The van der Waals surface area contributed by atoms with Gasteiger partial charge in [-0.15, -0.1) is 0 Å². The van der Waals surface area contributed by atoms with E-state index in [1.807, 2.05) is 42.7 Å². The molecular weight excluding hydrogens is 488 g/mol. The molecule has 0 aliphatic carbocycles. The third-order valence-electron chi connectivity index (χ3n) is 7.08. The number of nitrogens with one attached hydrogen (secondary N) is 1. The van der Waals surface area contributed by atoms with E-state index in [-0.39, 0.29) is 28.9 Å². The fourth-order valence-corrected chi connectivity index (χ4v) is 5.87. The van der Waals surface area contributed by atoms with E-state index in [1.54, 1.807) is 37.3 Å². The number of carbonyl (C=O) groups is 1. The van der Waals surface area contributed by atoms with E-state index in [2.05, 4.69) is 25.2 Å². The Balaban J connectivity index is 1.93. The van der Waals surface area contributed by atoms with Crippen LogP contribution in [0.3, 0.4) is 0 Å². The highest BCUT2D eigenvalue weighted by Gasteiger charge is 2.35. The Kier molecular flexibility index (Phi) is 9.21. The molecule has 200 valence electrons. The first-order valence-corrected chi connectivity index (χ1v) is 14.4. The predicted molar refractivity (Wildman–Crippen MR) is 146 cm³/mol.